The molecule has 0 nitrogen and oxygen atoms in total. The van der Waals surface area contributed by atoms with Crippen molar-refractivity contribution in [3.8, 4) is 0 Å². The quantitative estimate of drug-likeness (QED) is 0.385. The predicted molar refractivity (Wildman–Crippen MR) is 134 cm³/mol. The van der Waals surface area contributed by atoms with Crippen LogP contribution in [0.2, 0.25) is 0 Å². The van der Waals surface area contributed by atoms with Crippen LogP contribution in [0.15, 0.2) is 78.4 Å². The second-order valence-electron chi connectivity index (χ2n) is 9.71. The molecule has 0 saturated carbocycles. The van der Waals surface area contributed by atoms with Gasteiger partial charge in [-0.05, 0) is 65.2 Å². The van der Waals surface area contributed by atoms with Gasteiger partial charge >= 0.3 is 0 Å². The number of hydrogen-bond acceptors (Lipinski definition) is 0. The van der Waals surface area contributed by atoms with E-state index in [0.29, 0.717) is 0 Å². The summed E-state index contributed by atoms with van der Waals surface area (Å²) in [6, 6.07) is 21.3. The number of benzene rings is 3. The van der Waals surface area contributed by atoms with E-state index in [1.54, 1.807) is 0 Å². The molecule has 0 heterocycles. The lowest BCUT2D eigenvalue weighted by Crippen LogP contribution is -2.38. The Morgan fingerprint density at radius 3 is 1.06 bits per heavy atom. The van der Waals surface area contributed by atoms with Crippen LogP contribution >= 0.6 is 0 Å². The topological polar surface area (TPSA) is 0 Å². The predicted octanol–water partition coefficient (Wildman–Crippen LogP) is 8.00. The Kier molecular flexibility index (Phi) is 5.52. The van der Waals surface area contributed by atoms with E-state index in [1.165, 1.54) is 55.6 Å². The van der Waals surface area contributed by atoms with E-state index in [-0.39, 0.29) is 11.3 Å². The second-order valence-corrected chi connectivity index (χ2v) is 9.71. The lowest BCUT2D eigenvalue weighted by molar-refractivity contribution is 0.505. The van der Waals surface area contributed by atoms with Gasteiger partial charge in [-0.3, -0.25) is 0 Å². The van der Waals surface area contributed by atoms with E-state index in [0.717, 1.165) is 0 Å². The maximum absolute atomic E-state index is 2.41. The molecule has 0 saturated heterocycles. The summed E-state index contributed by atoms with van der Waals surface area (Å²) in [5, 5.41) is 0. The van der Waals surface area contributed by atoms with Crippen molar-refractivity contribution in [3.05, 3.63) is 128 Å². The monoisotopic (exact) mass is 406 g/mol. The van der Waals surface area contributed by atoms with Gasteiger partial charge < -0.3 is 0 Å². The lowest BCUT2D eigenvalue weighted by Gasteiger charge is -2.42. The third kappa shape index (κ3) is 3.81. The van der Waals surface area contributed by atoms with Crippen molar-refractivity contribution in [2.75, 3.05) is 0 Å². The summed E-state index contributed by atoms with van der Waals surface area (Å²) in [6.07, 6.45) is 6.93. The highest BCUT2D eigenvalue weighted by atomic mass is 14.5. The third-order valence-corrected chi connectivity index (χ3v) is 6.65. The first-order chi connectivity index (χ1) is 14.7. The third-order valence-electron chi connectivity index (χ3n) is 6.65. The van der Waals surface area contributed by atoms with Gasteiger partial charge in [-0.25, -0.2) is 0 Å². The number of allylic oxidation sites excluding steroid dienone is 4. The average Bonchev–Trinajstić information content (AvgIpc) is 3.06. The molecule has 0 N–H and O–H groups in total. The highest BCUT2D eigenvalue weighted by Gasteiger charge is 2.44. The van der Waals surface area contributed by atoms with Crippen LogP contribution in [0.1, 0.15) is 57.0 Å². The minimum atomic E-state index is -0.280. The fraction of sp³-hybridized carbons (Fsp3) is 0.290. The standard InChI is InChI=1S/C31H34/c1-20-11-21(2)15-27(14-20)31(30-10-8-9-26(30)7,28-16-22(3)12-23(4)17-28)29-18-24(5)13-25(6)19-29/h8-19,30H,1-7H3. The van der Waals surface area contributed by atoms with Gasteiger partial charge in [0.2, 0.25) is 0 Å². The molecule has 158 valence electrons. The van der Waals surface area contributed by atoms with Crippen molar-refractivity contribution in [2.24, 2.45) is 5.92 Å². The first-order valence-corrected chi connectivity index (χ1v) is 11.3. The molecule has 3 aromatic carbocycles. The molecular weight excluding hydrogens is 372 g/mol. The number of hydrogen-bond donors (Lipinski definition) is 0. The largest absolute Gasteiger partial charge is 0.0758 e. The van der Waals surface area contributed by atoms with E-state index >= 15 is 0 Å². The molecule has 0 heteroatoms. The van der Waals surface area contributed by atoms with E-state index in [1.807, 2.05) is 0 Å². The smallest absolute Gasteiger partial charge is 0.0551 e. The summed E-state index contributed by atoms with van der Waals surface area (Å²) in [6.45, 7) is 15.6. The summed E-state index contributed by atoms with van der Waals surface area (Å²) >= 11 is 0. The van der Waals surface area contributed by atoms with E-state index < -0.39 is 0 Å². The molecule has 0 radical (unpaired) electrons. The maximum atomic E-state index is 2.41. The molecule has 1 aliphatic carbocycles. The molecule has 0 amide bonds. The van der Waals surface area contributed by atoms with Crippen LogP contribution in [0.4, 0.5) is 0 Å². The molecule has 4 rings (SSSR count). The second kappa shape index (κ2) is 8.00. The summed E-state index contributed by atoms with van der Waals surface area (Å²) in [7, 11) is 0. The van der Waals surface area contributed by atoms with Crippen LogP contribution < -0.4 is 0 Å². The Hall–Kier alpha value is -2.86. The van der Waals surface area contributed by atoms with Gasteiger partial charge in [0, 0.05) is 5.92 Å². The van der Waals surface area contributed by atoms with Crippen molar-refractivity contribution < 1.29 is 0 Å². The van der Waals surface area contributed by atoms with E-state index in [9.17, 15) is 0 Å². The minimum Gasteiger partial charge on any atom is -0.0758 e. The minimum absolute atomic E-state index is 0.274. The van der Waals surface area contributed by atoms with Gasteiger partial charge in [-0.1, -0.05) is 112 Å². The Labute approximate surface area is 188 Å². The van der Waals surface area contributed by atoms with Gasteiger partial charge in [0.25, 0.3) is 0 Å². The molecular formula is C31H34. The highest BCUT2D eigenvalue weighted by molar-refractivity contribution is 5.59. The van der Waals surface area contributed by atoms with Gasteiger partial charge in [-0.15, -0.1) is 0 Å². The lowest BCUT2D eigenvalue weighted by atomic mass is 9.59. The molecule has 31 heavy (non-hydrogen) atoms. The highest BCUT2D eigenvalue weighted by Crippen LogP contribution is 2.51. The van der Waals surface area contributed by atoms with Gasteiger partial charge in [0.1, 0.15) is 0 Å². The van der Waals surface area contributed by atoms with Crippen LogP contribution in [0, 0.1) is 47.5 Å². The molecule has 0 fully saturated rings. The van der Waals surface area contributed by atoms with Gasteiger partial charge in [-0.2, -0.15) is 0 Å². The zero-order valence-corrected chi connectivity index (χ0v) is 20.0. The molecule has 0 aliphatic heterocycles. The Morgan fingerprint density at radius 2 is 0.806 bits per heavy atom. The first kappa shape index (κ1) is 21.4. The van der Waals surface area contributed by atoms with Crippen molar-refractivity contribution >= 4 is 0 Å². The van der Waals surface area contributed by atoms with E-state index in [4.69, 9.17) is 0 Å². The summed E-state index contributed by atoms with van der Waals surface area (Å²) in [5.74, 6) is 0.274. The Morgan fingerprint density at radius 1 is 0.484 bits per heavy atom. The molecule has 0 bridgehead atoms. The van der Waals surface area contributed by atoms with Crippen LogP contribution in [0.25, 0.3) is 0 Å². The van der Waals surface area contributed by atoms with Crippen molar-refractivity contribution in [1.82, 2.24) is 0 Å². The summed E-state index contributed by atoms with van der Waals surface area (Å²) < 4.78 is 0. The fourth-order valence-electron chi connectivity index (χ4n) is 5.71. The van der Waals surface area contributed by atoms with Crippen molar-refractivity contribution in [2.45, 2.75) is 53.9 Å². The first-order valence-electron chi connectivity index (χ1n) is 11.3. The molecule has 1 unspecified atom stereocenters. The normalized spacial score (nSPS) is 16.0. The van der Waals surface area contributed by atoms with Crippen molar-refractivity contribution in [3.63, 3.8) is 0 Å². The molecule has 3 aromatic rings. The molecule has 1 atom stereocenters. The Balaban J connectivity index is 2.20. The van der Waals surface area contributed by atoms with Crippen LogP contribution in [-0.4, -0.2) is 0 Å². The fourth-order valence-corrected chi connectivity index (χ4v) is 5.71. The zero-order chi connectivity index (χ0) is 22.3. The van der Waals surface area contributed by atoms with Crippen molar-refractivity contribution in [1.29, 1.82) is 0 Å². The number of aryl methyl sites for hydroxylation is 6. The Bertz CT molecular complexity index is 1020. The molecule has 0 aromatic heterocycles. The maximum Gasteiger partial charge on any atom is 0.0551 e. The van der Waals surface area contributed by atoms with Gasteiger partial charge in [0.05, 0.1) is 5.41 Å². The summed E-state index contributed by atoms with van der Waals surface area (Å²) in [5.41, 5.74) is 13.2. The van der Waals surface area contributed by atoms with Crippen LogP contribution in [0.3, 0.4) is 0 Å². The zero-order valence-electron chi connectivity index (χ0n) is 20.0. The number of rotatable bonds is 4. The molecule has 1 aliphatic rings. The van der Waals surface area contributed by atoms with Crippen LogP contribution in [-0.2, 0) is 5.41 Å². The SMILES string of the molecule is CC1=CC=CC1C(c1cc(C)cc(C)c1)(c1cc(C)cc(C)c1)c1cc(C)cc(C)c1. The van der Waals surface area contributed by atoms with E-state index in [2.05, 4.69) is 121 Å². The average molecular weight is 407 g/mol. The van der Waals surface area contributed by atoms with Gasteiger partial charge in [0.15, 0.2) is 0 Å². The summed E-state index contributed by atoms with van der Waals surface area (Å²) in [4.78, 5) is 0. The molecule has 0 spiro atoms. The van der Waals surface area contributed by atoms with Crippen LogP contribution in [0.5, 0.6) is 0 Å².